The molecule has 1 heterocycles. The monoisotopic (exact) mass is 121 g/mol. The van der Waals surface area contributed by atoms with Gasteiger partial charge in [-0.3, -0.25) is 0 Å². The first-order chi connectivity index (χ1) is 3.00. The molecule has 1 nitrogen and oxygen atoms in total. The number of hydrogen-bond donors (Lipinski definition) is 0. The summed E-state index contributed by atoms with van der Waals surface area (Å²) in [6, 6.07) is 5.50. The summed E-state index contributed by atoms with van der Waals surface area (Å²) in [6.45, 7) is 0. The molecule has 0 spiro atoms. The minimum atomic E-state index is 0. The molecule has 0 fully saturated rings. The summed E-state index contributed by atoms with van der Waals surface area (Å²) in [5.41, 5.74) is 0. The molecule has 0 saturated heterocycles. The molecule has 8 heavy (non-hydrogen) atoms. The van der Waals surface area contributed by atoms with Crippen molar-refractivity contribution in [3.8, 4) is 0 Å². The SMILES string of the molecule is [F-].[Mg+2].[c-]1ccccn1. The van der Waals surface area contributed by atoms with Crippen LogP contribution in [0.5, 0.6) is 0 Å². The van der Waals surface area contributed by atoms with E-state index < -0.39 is 0 Å². The Morgan fingerprint density at radius 3 is 2.12 bits per heavy atom. The minimum absolute atomic E-state index is 0. The summed E-state index contributed by atoms with van der Waals surface area (Å²) < 4.78 is 0. The molecule has 0 aliphatic rings. The van der Waals surface area contributed by atoms with Gasteiger partial charge in [-0.1, -0.05) is 12.4 Å². The summed E-state index contributed by atoms with van der Waals surface area (Å²) in [6.07, 6.45) is 4.34. The molecule has 0 amide bonds. The summed E-state index contributed by atoms with van der Waals surface area (Å²) in [7, 11) is 0. The van der Waals surface area contributed by atoms with Crippen molar-refractivity contribution in [2.75, 3.05) is 0 Å². The molecule has 3 heteroatoms. The van der Waals surface area contributed by atoms with Crippen molar-refractivity contribution >= 4 is 23.1 Å². The van der Waals surface area contributed by atoms with Crippen LogP contribution in [-0.4, -0.2) is 28.0 Å². The number of nitrogens with zero attached hydrogens (tertiary/aromatic N) is 1. The van der Waals surface area contributed by atoms with Gasteiger partial charge in [0.1, 0.15) is 0 Å². The van der Waals surface area contributed by atoms with Crippen molar-refractivity contribution in [3.63, 3.8) is 0 Å². The molecule has 0 aliphatic carbocycles. The van der Waals surface area contributed by atoms with Crippen LogP contribution >= 0.6 is 0 Å². The van der Waals surface area contributed by atoms with Crippen molar-refractivity contribution in [1.82, 2.24) is 4.98 Å². The molecule has 0 N–H and O–H groups in total. The molecule has 0 bridgehead atoms. The van der Waals surface area contributed by atoms with Gasteiger partial charge in [-0.25, -0.2) is 0 Å². The maximum atomic E-state index is 3.66. The fraction of sp³-hybridized carbons (Fsp3) is 0. The van der Waals surface area contributed by atoms with E-state index >= 15 is 0 Å². The van der Waals surface area contributed by atoms with E-state index in [0.717, 1.165) is 0 Å². The predicted molar refractivity (Wildman–Crippen MR) is 28.8 cm³/mol. The van der Waals surface area contributed by atoms with Crippen LogP contribution in [-0.2, 0) is 0 Å². The third kappa shape index (κ3) is 4.02. The van der Waals surface area contributed by atoms with Crippen molar-refractivity contribution in [3.05, 3.63) is 30.6 Å². The maximum Gasteiger partial charge on any atom is 2.00 e. The average Bonchev–Trinajstić information content (AvgIpc) is 1.72. The van der Waals surface area contributed by atoms with E-state index in [1.807, 2.05) is 12.1 Å². The van der Waals surface area contributed by atoms with Gasteiger partial charge in [0.2, 0.25) is 0 Å². The first kappa shape index (κ1) is 10.8. The number of hydrogen-bond acceptors (Lipinski definition) is 1. The van der Waals surface area contributed by atoms with Gasteiger partial charge >= 0.3 is 23.1 Å². The Hall–Kier alpha value is -0.154. The van der Waals surface area contributed by atoms with E-state index in [2.05, 4.69) is 11.2 Å². The topological polar surface area (TPSA) is 12.9 Å². The Labute approximate surface area is 63.6 Å². The molecule has 1 aromatic rings. The Morgan fingerprint density at radius 2 is 2.00 bits per heavy atom. The normalized spacial score (nSPS) is 6.00. The van der Waals surface area contributed by atoms with Gasteiger partial charge in [-0.2, -0.15) is 18.2 Å². The zero-order valence-corrected chi connectivity index (χ0v) is 5.76. The Bertz CT molecular complexity index is 84.4. The number of halogens is 1. The third-order valence-corrected chi connectivity index (χ3v) is 0.517. The van der Waals surface area contributed by atoms with Crippen molar-refractivity contribution in [2.45, 2.75) is 0 Å². The quantitative estimate of drug-likeness (QED) is 0.273. The van der Waals surface area contributed by atoms with Gasteiger partial charge in [0, 0.05) is 0 Å². The summed E-state index contributed by atoms with van der Waals surface area (Å²) in [5, 5.41) is 0. The average molecular weight is 121 g/mol. The standard InChI is InChI=1S/C5H4N.FH.Mg/c1-2-4-6-5-3-1;;/h1-4H;1H;/q-1;;+2/p-1. The zero-order valence-electron chi connectivity index (χ0n) is 4.34. The van der Waals surface area contributed by atoms with Crippen molar-refractivity contribution in [1.29, 1.82) is 0 Å². The molecule has 0 unspecified atom stereocenters. The second-order valence-corrected chi connectivity index (χ2v) is 0.959. The van der Waals surface area contributed by atoms with Gasteiger partial charge in [0.25, 0.3) is 0 Å². The summed E-state index contributed by atoms with van der Waals surface area (Å²) in [5.74, 6) is 0. The van der Waals surface area contributed by atoms with Gasteiger partial charge in [0.05, 0.1) is 0 Å². The van der Waals surface area contributed by atoms with Crippen molar-refractivity contribution in [2.24, 2.45) is 0 Å². The van der Waals surface area contributed by atoms with E-state index in [1.54, 1.807) is 12.3 Å². The second kappa shape index (κ2) is 6.85. The third-order valence-electron chi connectivity index (χ3n) is 0.517. The number of pyridine rings is 1. The van der Waals surface area contributed by atoms with E-state index in [4.69, 9.17) is 0 Å². The number of aromatic nitrogens is 1. The molecule has 38 valence electrons. The van der Waals surface area contributed by atoms with Crippen LogP contribution in [0, 0.1) is 6.20 Å². The summed E-state index contributed by atoms with van der Waals surface area (Å²) in [4.78, 5) is 3.66. The largest absolute Gasteiger partial charge is 2.00 e. The van der Waals surface area contributed by atoms with E-state index in [9.17, 15) is 0 Å². The fourth-order valence-corrected chi connectivity index (χ4v) is 0.277. The molecular weight excluding hydrogens is 117 g/mol. The van der Waals surface area contributed by atoms with Crippen molar-refractivity contribution < 1.29 is 4.70 Å². The van der Waals surface area contributed by atoms with Crippen LogP contribution < -0.4 is 4.70 Å². The van der Waals surface area contributed by atoms with Crippen LogP contribution in [0.2, 0.25) is 0 Å². The van der Waals surface area contributed by atoms with Crippen LogP contribution in [0.3, 0.4) is 0 Å². The second-order valence-electron chi connectivity index (χ2n) is 0.959. The van der Waals surface area contributed by atoms with Gasteiger partial charge in [-0.05, 0) is 0 Å². The van der Waals surface area contributed by atoms with Crippen LogP contribution in [0.25, 0.3) is 0 Å². The molecule has 1 aromatic heterocycles. The van der Waals surface area contributed by atoms with Crippen LogP contribution in [0.1, 0.15) is 0 Å². The first-order valence-corrected chi connectivity index (χ1v) is 1.77. The Balaban J connectivity index is 0. The zero-order chi connectivity index (χ0) is 4.24. The van der Waals surface area contributed by atoms with E-state index in [-0.39, 0.29) is 27.8 Å². The van der Waals surface area contributed by atoms with Gasteiger partial charge < -0.3 is 9.69 Å². The Morgan fingerprint density at radius 1 is 1.25 bits per heavy atom. The number of rotatable bonds is 0. The smallest absolute Gasteiger partial charge is 1.00 e. The first-order valence-electron chi connectivity index (χ1n) is 1.77. The summed E-state index contributed by atoms with van der Waals surface area (Å²) >= 11 is 0. The van der Waals surface area contributed by atoms with E-state index in [1.165, 1.54) is 0 Å². The molecule has 0 atom stereocenters. The minimum Gasteiger partial charge on any atom is -1.00 e. The predicted octanol–water partition coefficient (Wildman–Crippen LogP) is -2.50. The van der Waals surface area contributed by atoms with Gasteiger partial charge in [-0.15, -0.1) is 0 Å². The molecular formula is C5H4FMgN. The fourth-order valence-electron chi connectivity index (χ4n) is 0.277. The maximum absolute atomic E-state index is 3.66. The van der Waals surface area contributed by atoms with Crippen LogP contribution in [0.15, 0.2) is 24.4 Å². The van der Waals surface area contributed by atoms with Gasteiger partial charge in [0.15, 0.2) is 0 Å². The Kier molecular flexibility index (Phi) is 9.21. The molecule has 0 aromatic carbocycles. The molecule has 0 radical (unpaired) electrons. The van der Waals surface area contributed by atoms with E-state index in [0.29, 0.717) is 0 Å². The molecule has 0 aliphatic heterocycles. The molecule has 1 rings (SSSR count). The van der Waals surface area contributed by atoms with Crippen LogP contribution in [0.4, 0.5) is 0 Å². The molecule has 0 saturated carbocycles.